The Hall–Kier alpha value is -2.14. The monoisotopic (exact) mass is 306 g/mol. The fourth-order valence-electron chi connectivity index (χ4n) is 2.01. The Morgan fingerprint density at radius 3 is 2.48 bits per heavy atom. The Kier molecular flexibility index (Phi) is 4.75. The number of nitrogens with zero attached hydrogens (tertiary/aromatic N) is 2. The summed E-state index contributed by atoms with van der Waals surface area (Å²) < 4.78 is 10.2. The average molecular weight is 307 g/mol. The Bertz CT molecular complexity index is 657. The van der Waals surface area contributed by atoms with E-state index < -0.39 is 5.97 Å². The minimum Gasteiger partial charge on any atom is -0.480 e. The molecule has 0 amide bonds. The van der Waals surface area contributed by atoms with Crippen molar-refractivity contribution in [3.05, 3.63) is 40.5 Å². The predicted octanol–water partition coefficient (Wildman–Crippen LogP) is 3.29. The number of benzene rings is 1. The van der Waals surface area contributed by atoms with Gasteiger partial charge in [0.05, 0.1) is 13.7 Å². The van der Waals surface area contributed by atoms with Gasteiger partial charge in [0.1, 0.15) is 0 Å². The number of methoxy groups -OCH3 is 1. The molecule has 6 heteroatoms. The first-order valence-corrected chi connectivity index (χ1v) is 6.80. The van der Waals surface area contributed by atoms with Crippen molar-refractivity contribution in [3.8, 4) is 17.0 Å². The fraction of sp³-hybridized carbons (Fsp3) is 0.267. The molecule has 0 atom stereocenters. The van der Waals surface area contributed by atoms with Crippen LogP contribution in [0.4, 0.5) is 0 Å². The van der Waals surface area contributed by atoms with E-state index in [9.17, 15) is 4.79 Å². The van der Waals surface area contributed by atoms with Gasteiger partial charge in [-0.15, -0.1) is 10.2 Å². The molecule has 1 aromatic carbocycles. The lowest BCUT2D eigenvalue weighted by atomic mass is 10.00. The SMILES string of the molecule is CCOC(=O)c1nnc(OC)c(C)c1-c1ccc(Cl)cc1. The molecule has 2 aromatic rings. The molecule has 1 aromatic heterocycles. The highest BCUT2D eigenvalue weighted by atomic mass is 35.5. The molecule has 0 aliphatic rings. The van der Waals surface area contributed by atoms with Gasteiger partial charge in [-0.05, 0) is 31.5 Å². The minimum atomic E-state index is -0.513. The quantitative estimate of drug-likeness (QED) is 0.811. The number of halogens is 1. The first-order valence-electron chi connectivity index (χ1n) is 6.42. The fourth-order valence-corrected chi connectivity index (χ4v) is 2.14. The summed E-state index contributed by atoms with van der Waals surface area (Å²) in [4.78, 5) is 12.1. The van der Waals surface area contributed by atoms with Crippen LogP contribution in [-0.2, 0) is 4.74 Å². The molecule has 0 aliphatic heterocycles. The molecule has 0 aliphatic carbocycles. The van der Waals surface area contributed by atoms with E-state index in [0.717, 1.165) is 11.1 Å². The smallest absolute Gasteiger partial charge is 0.359 e. The summed E-state index contributed by atoms with van der Waals surface area (Å²) in [5, 5.41) is 8.46. The number of carbonyl (C=O) groups excluding carboxylic acids is 1. The highest BCUT2D eigenvalue weighted by molar-refractivity contribution is 6.30. The third-order valence-corrected chi connectivity index (χ3v) is 3.22. The zero-order valence-corrected chi connectivity index (χ0v) is 12.8. The highest BCUT2D eigenvalue weighted by Crippen LogP contribution is 2.31. The molecule has 0 bridgehead atoms. The number of carbonyl (C=O) groups is 1. The van der Waals surface area contributed by atoms with Gasteiger partial charge in [-0.1, -0.05) is 23.7 Å². The summed E-state index contributed by atoms with van der Waals surface area (Å²) in [6.45, 7) is 3.83. The molecule has 0 unspecified atom stereocenters. The Morgan fingerprint density at radius 2 is 1.90 bits per heavy atom. The molecule has 0 saturated heterocycles. The van der Waals surface area contributed by atoms with Crippen molar-refractivity contribution in [1.82, 2.24) is 10.2 Å². The standard InChI is InChI=1S/C15H15ClN2O3/c1-4-21-15(19)13-12(9(2)14(20-3)18-17-13)10-5-7-11(16)8-6-10/h5-8H,4H2,1-3H3. The van der Waals surface area contributed by atoms with Crippen LogP contribution in [-0.4, -0.2) is 29.9 Å². The highest BCUT2D eigenvalue weighted by Gasteiger charge is 2.21. The zero-order valence-electron chi connectivity index (χ0n) is 12.0. The topological polar surface area (TPSA) is 61.3 Å². The van der Waals surface area contributed by atoms with Crippen LogP contribution in [0.1, 0.15) is 23.0 Å². The van der Waals surface area contributed by atoms with Crippen molar-refractivity contribution >= 4 is 17.6 Å². The first-order chi connectivity index (χ1) is 10.1. The molecule has 5 nitrogen and oxygen atoms in total. The predicted molar refractivity (Wildman–Crippen MR) is 79.7 cm³/mol. The molecule has 110 valence electrons. The third-order valence-electron chi connectivity index (χ3n) is 2.97. The maximum atomic E-state index is 12.1. The molecule has 0 N–H and O–H groups in total. The summed E-state index contributed by atoms with van der Waals surface area (Å²) in [5.41, 5.74) is 2.32. The van der Waals surface area contributed by atoms with E-state index in [0.29, 0.717) is 16.5 Å². The van der Waals surface area contributed by atoms with Crippen LogP contribution in [0, 0.1) is 6.92 Å². The van der Waals surface area contributed by atoms with Crippen LogP contribution in [0.5, 0.6) is 5.88 Å². The van der Waals surface area contributed by atoms with Crippen LogP contribution in [0.2, 0.25) is 5.02 Å². The van der Waals surface area contributed by atoms with Gasteiger partial charge in [-0.2, -0.15) is 0 Å². The van der Waals surface area contributed by atoms with Gasteiger partial charge in [0.25, 0.3) is 0 Å². The van der Waals surface area contributed by atoms with E-state index in [1.807, 2.05) is 19.1 Å². The van der Waals surface area contributed by atoms with E-state index >= 15 is 0 Å². The Balaban J connectivity index is 2.64. The lowest BCUT2D eigenvalue weighted by molar-refractivity contribution is 0.0519. The number of esters is 1. The van der Waals surface area contributed by atoms with E-state index in [4.69, 9.17) is 21.1 Å². The van der Waals surface area contributed by atoms with E-state index in [1.165, 1.54) is 7.11 Å². The molecule has 0 spiro atoms. The summed E-state index contributed by atoms with van der Waals surface area (Å²) in [5.74, 6) is -0.145. The van der Waals surface area contributed by atoms with Gasteiger partial charge >= 0.3 is 5.97 Å². The third kappa shape index (κ3) is 3.13. The molecule has 2 rings (SSSR count). The van der Waals surface area contributed by atoms with Gasteiger partial charge in [-0.3, -0.25) is 0 Å². The van der Waals surface area contributed by atoms with Crippen LogP contribution < -0.4 is 4.74 Å². The molecule has 21 heavy (non-hydrogen) atoms. The summed E-state index contributed by atoms with van der Waals surface area (Å²) >= 11 is 5.91. The van der Waals surface area contributed by atoms with Crippen LogP contribution in [0.25, 0.3) is 11.1 Å². The molecule has 0 saturated carbocycles. The Morgan fingerprint density at radius 1 is 1.24 bits per heavy atom. The Labute approximate surface area is 127 Å². The second-order valence-corrected chi connectivity index (χ2v) is 4.72. The molecular weight excluding hydrogens is 292 g/mol. The van der Waals surface area contributed by atoms with Gasteiger partial charge in [0.2, 0.25) is 5.88 Å². The van der Waals surface area contributed by atoms with Crippen molar-refractivity contribution in [2.24, 2.45) is 0 Å². The van der Waals surface area contributed by atoms with Gasteiger partial charge in [-0.25, -0.2) is 4.79 Å². The van der Waals surface area contributed by atoms with Crippen molar-refractivity contribution in [1.29, 1.82) is 0 Å². The lowest BCUT2D eigenvalue weighted by Crippen LogP contribution is -2.12. The molecule has 1 heterocycles. The lowest BCUT2D eigenvalue weighted by Gasteiger charge is -2.13. The number of rotatable bonds is 4. The summed E-state index contributed by atoms with van der Waals surface area (Å²) in [7, 11) is 1.51. The second-order valence-electron chi connectivity index (χ2n) is 4.29. The minimum absolute atomic E-state index is 0.164. The van der Waals surface area contributed by atoms with E-state index in [2.05, 4.69) is 10.2 Å². The summed E-state index contributed by atoms with van der Waals surface area (Å²) in [6, 6.07) is 7.12. The number of ether oxygens (including phenoxy) is 2. The number of hydrogen-bond acceptors (Lipinski definition) is 5. The van der Waals surface area contributed by atoms with Crippen LogP contribution >= 0.6 is 11.6 Å². The zero-order chi connectivity index (χ0) is 15.4. The van der Waals surface area contributed by atoms with Crippen molar-refractivity contribution < 1.29 is 14.3 Å². The number of aromatic nitrogens is 2. The second kappa shape index (κ2) is 6.54. The van der Waals surface area contributed by atoms with Gasteiger partial charge < -0.3 is 9.47 Å². The maximum Gasteiger partial charge on any atom is 0.359 e. The van der Waals surface area contributed by atoms with Crippen LogP contribution in [0.3, 0.4) is 0 Å². The van der Waals surface area contributed by atoms with E-state index in [1.54, 1.807) is 19.1 Å². The first kappa shape index (κ1) is 15.3. The normalized spacial score (nSPS) is 10.3. The molecule has 0 fully saturated rings. The van der Waals surface area contributed by atoms with Crippen LogP contribution in [0.15, 0.2) is 24.3 Å². The molecular formula is C15H15ClN2O3. The van der Waals surface area contributed by atoms with Crippen molar-refractivity contribution in [2.45, 2.75) is 13.8 Å². The van der Waals surface area contributed by atoms with Crippen molar-refractivity contribution in [2.75, 3.05) is 13.7 Å². The largest absolute Gasteiger partial charge is 0.480 e. The average Bonchev–Trinajstić information content (AvgIpc) is 2.48. The van der Waals surface area contributed by atoms with Crippen molar-refractivity contribution in [3.63, 3.8) is 0 Å². The van der Waals surface area contributed by atoms with Gasteiger partial charge in [0, 0.05) is 16.1 Å². The van der Waals surface area contributed by atoms with E-state index in [-0.39, 0.29) is 12.3 Å². The maximum absolute atomic E-state index is 12.1. The molecule has 0 radical (unpaired) electrons. The van der Waals surface area contributed by atoms with Gasteiger partial charge in [0.15, 0.2) is 5.69 Å². The summed E-state index contributed by atoms with van der Waals surface area (Å²) in [6.07, 6.45) is 0. The number of hydrogen-bond donors (Lipinski definition) is 0.